The lowest BCUT2D eigenvalue weighted by Gasteiger charge is -2.18. The number of nitrogens with one attached hydrogen (secondary N) is 1. The summed E-state index contributed by atoms with van der Waals surface area (Å²) < 4.78 is 51.2. The Bertz CT molecular complexity index is 1120. The van der Waals surface area contributed by atoms with Gasteiger partial charge in [-0.3, -0.25) is 9.20 Å². The highest BCUT2D eigenvalue weighted by Crippen LogP contribution is 2.33. The van der Waals surface area contributed by atoms with E-state index >= 15 is 0 Å². The van der Waals surface area contributed by atoms with E-state index < -0.39 is 11.7 Å². The quantitative estimate of drug-likeness (QED) is 0.552. The molecule has 3 heterocycles. The van der Waals surface area contributed by atoms with Gasteiger partial charge in [0.05, 0.1) is 16.3 Å². The molecule has 164 valence electrons. The van der Waals surface area contributed by atoms with Gasteiger partial charge in [0.25, 0.3) is 0 Å². The van der Waals surface area contributed by atoms with E-state index in [2.05, 4.69) is 15.5 Å². The van der Waals surface area contributed by atoms with Gasteiger partial charge in [0.1, 0.15) is 13.2 Å². The van der Waals surface area contributed by atoms with Crippen LogP contribution in [0.3, 0.4) is 0 Å². The van der Waals surface area contributed by atoms with Crippen LogP contribution in [0.1, 0.15) is 11.1 Å². The van der Waals surface area contributed by atoms with E-state index in [-0.39, 0.29) is 27.5 Å². The highest BCUT2D eigenvalue weighted by atomic mass is 35.5. The molecule has 0 fully saturated rings. The Morgan fingerprint density at radius 1 is 1.19 bits per heavy atom. The second-order valence-electron chi connectivity index (χ2n) is 6.62. The zero-order valence-corrected chi connectivity index (χ0v) is 17.5. The summed E-state index contributed by atoms with van der Waals surface area (Å²) in [7, 11) is 0. The van der Waals surface area contributed by atoms with Crippen LogP contribution in [-0.2, 0) is 17.4 Å². The number of carbonyl (C=O) groups excluding carboxylic acids is 1. The number of nitrogens with zero attached hydrogens (tertiary/aromatic N) is 3. The molecule has 1 aliphatic heterocycles. The zero-order chi connectivity index (χ0) is 22.0. The Balaban J connectivity index is 1.33. The fraction of sp³-hybridized carbons (Fsp3) is 0.316. The number of fused-ring (bicyclic) bond motifs is 2. The van der Waals surface area contributed by atoms with Crippen LogP contribution in [0.15, 0.2) is 35.6 Å². The molecular formula is C19H16ClF3N4O3S. The molecule has 7 nitrogen and oxygen atoms in total. The molecule has 4 rings (SSSR count). The van der Waals surface area contributed by atoms with Gasteiger partial charge in [0, 0.05) is 12.7 Å². The predicted octanol–water partition coefficient (Wildman–Crippen LogP) is 3.62. The maximum Gasteiger partial charge on any atom is 0.417 e. The van der Waals surface area contributed by atoms with Crippen LogP contribution in [0.5, 0.6) is 11.5 Å². The van der Waals surface area contributed by atoms with Gasteiger partial charge in [0.15, 0.2) is 22.3 Å². The minimum absolute atomic E-state index is 0.0319. The average molecular weight is 473 g/mol. The molecule has 31 heavy (non-hydrogen) atoms. The molecule has 1 N–H and O–H groups in total. The van der Waals surface area contributed by atoms with E-state index in [0.717, 1.165) is 34.0 Å². The molecule has 1 aromatic carbocycles. The molecule has 0 aliphatic carbocycles. The van der Waals surface area contributed by atoms with Crippen molar-refractivity contribution < 1.29 is 27.4 Å². The molecule has 0 bridgehead atoms. The third-order valence-electron chi connectivity index (χ3n) is 4.43. The summed E-state index contributed by atoms with van der Waals surface area (Å²) in [6.07, 6.45) is -3.11. The van der Waals surface area contributed by atoms with E-state index in [1.807, 2.05) is 18.2 Å². The molecule has 0 saturated carbocycles. The number of aromatic nitrogens is 3. The van der Waals surface area contributed by atoms with Crippen molar-refractivity contribution in [3.63, 3.8) is 0 Å². The lowest BCUT2D eigenvalue weighted by Crippen LogP contribution is -2.27. The summed E-state index contributed by atoms with van der Waals surface area (Å²) in [4.78, 5) is 12.2. The number of hydrogen-bond acceptors (Lipinski definition) is 6. The average Bonchev–Trinajstić information content (AvgIpc) is 3.15. The number of ether oxygens (including phenoxy) is 2. The first-order chi connectivity index (χ1) is 14.8. The fourth-order valence-corrected chi connectivity index (χ4v) is 3.94. The van der Waals surface area contributed by atoms with Crippen LogP contribution >= 0.6 is 23.4 Å². The number of carbonyl (C=O) groups is 1. The van der Waals surface area contributed by atoms with E-state index in [0.29, 0.717) is 37.7 Å². The highest BCUT2D eigenvalue weighted by Gasteiger charge is 2.32. The number of thioether (sulfide) groups is 1. The first kappa shape index (κ1) is 21.6. The maximum absolute atomic E-state index is 13.0. The van der Waals surface area contributed by atoms with Gasteiger partial charge in [-0.1, -0.05) is 29.4 Å². The number of halogens is 4. The van der Waals surface area contributed by atoms with Crippen LogP contribution in [0.25, 0.3) is 5.65 Å². The molecule has 0 atom stereocenters. The van der Waals surface area contributed by atoms with E-state index in [4.69, 9.17) is 21.1 Å². The van der Waals surface area contributed by atoms with Gasteiger partial charge < -0.3 is 14.8 Å². The molecule has 0 saturated heterocycles. The predicted molar refractivity (Wildman–Crippen MR) is 108 cm³/mol. The van der Waals surface area contributed by atoms with Gasteiger partial charge in [-0.15, -0.1) is 10.2 Å². The first-order valence-corrected chi connectivity index (χ1v) is 10.6. The van der Waals surface area contributed by atoms with Crippen molar-refractivity contribution >= 4 is 34.9 Å². The smallest absolute Gasteiger partial charge is 0.417 e. The molecule has 1 amide bonds. The molecule has 3 aromatic rings. The molecule has 0 spiro atoms. The van der Waals surface area contributed by atoms with Crippen molar-refractivity contribution in [3.05, 3.63) is 46.6 Å². The summed E-state index contributed by atoms with van der Waals surface area (Å²) in [6.45, 7) is 1.41. The summed E-state index contributed by atoms with van der Waals surface area (Å²) >= 11 is 6.86. The van der Waals surface area contributed by atoms with Crippen molar-refractivity contribution in [2.45, 2.75) is 17.8 Å². The summed E-state index contributed by atoms with van der Waals surface area (Å²) in [5, 5.41) is 10.4. The van der Waals surface area contributed by atoms with E-state index in [9.17, 15) is 18.0 Å². The first-order valence-electron chi connectivity index (χ1n) is 9.21. The third kappa shape index (κ3) is 4.99. The molecule has 0 unspecified atom stereocenters. The Hall–Kier alpha value is -2.66. The van der Waals surface area contributed by atoms with Crippen molar-refractivity contribution in [1.82, 2.24) is 19.9 Å². The molecule has 12 heteroatoms. The zero-order valence-electron chi connectivity index (χ0n) is 15.9. The van der Waals surface area contributed by atoms with Crippen molar-refractivity contribution in [3.8, 4) is 11.5 Å². The lowest BCUT2D eigenvalue weighted by atomic mass is 10.1. The number of alkyl halides is 3. The van der Waals surface area contributed by atoms with Crippen molar-refractivity contribution in [1.29, 1.82) is 0 Å². The van der Waals surface area contributed by atoms with Gasteiger partial charge in [0.2, 0.25) is 5.91 Å². The Labute approximate surface area is 183 Å². The van der Waals surface area contributed by atoms with Crippen LogP contribution in [0.4, 0.5) is 13.2 Å². The van der Waals surface area contributed by atoms with E-state index in [1.54, 1.807) is 0 Å². The van der Waals surface area contributed by atoms with E-state index in [1.165, 1.54) is 0 Å². The fourth-order valence-electron chi connectivity index (χ4n) is 2.96. The Morgan fingerprint density at radius 3 is 2.74 bits per heavy atom. The SMILES string of the molecule is O=C(CSc1nnc2c(Cl)cc(C(F)(F)F)cn12)NCCc1ccc2c(c1)OCCO2. The number of amides is 1. The van der Waals surface area contributed by atoms with Crippen LogP contribution in [0, 0.1) is 0 Å². The highest BCUT2D eigenvalue weighted by molar-refractivity contribution is 7.99. The number of rotatable bonds is 6. The van der Waals surface area contributed by atoms with Crippen molar-refractivity contribution in [2.24, 2.45) is 0 Å². The second-order valence-corrected chi connectivity index (χ2v) is 7.97. The summed E-state index contributed by atoms with van der Waals surface area (Å²) in [5.74, 6) is 1.07. The third-order valence-corrected chi connectivity index (χ3v) is 5.65. The van der Waals surface area contributed by atoms with Gasteiger partial charge in [-0.2, -0.15) is 13.2 Å². The van der Waals surface area contributed by atoms with Crippen LogP contribution in [0.2, 0.25) is 5.02 Å². The minimum atomic E-state index is -4.56. The summed E-state index contributed by atoms with van der Waals surface area (Å²) in [6, 6.07) is 6.40. The summed E-state index contributed by atoms with van der Waals surface area (Å²) in [5.41, 5.74) is 0.154. The van der Waals surface area contributed by atoms with Crippen LogP contribution in [-0.4, -0.2) is 46.0 Å². The number of benzene rings is 1. The van der Waals surface area contributed by atoms with Gasteiger partial charge >= 0.3 is 6.18 Å². The maximum atomic E-state index is 13.0. The van der Waals surface area contributed by atoms with Crippen LogP contribution < -0.4 is 14.8 Å². The number of pyridine rings is 1. The Kier molecular flexibility index (Phi) is 6.15. The number of hydrogen-bond donors (Lipinski definition) is 1. The monoisotopic (exact) mass is 472 g/mol. The van der Waals surface area contributed by atoms with Crippen molar-refractivity contribution in [2.75, 3.05) is 25.5 Å². The van der Waals surface area contributed by atoms with Gasteiger partial charge in [-0.05, 0) is 30.2 Å². The molecule has 0 radical (unpaired) electrons. The normalized spacial score (nSPS) is 13.4. The second kappa shape index (κ2) is 8.83. The molecule has 2 aromatic heterocycles. The Morgan fingerprint density at radius 2 is 1.97 bits per heavy atom. The molecular weight excluding hydrogens is 457 g/mol. The molecule has 1 aliphatic rings. The standard InChI is InChI=1S/C19H16ClF3N4O3S/c20-13-8-12(19(21,22)23)9-27-17(13)25-26-18(27)31-10-16(28)24-4-3-11-1-2-14-15(7-11)30-6-5-29-14/h1-2,7-9H,3-6,10H2,(H,24,28). The van der Waals surface area contributed by atoms with Gasteiger partial charge in [-0.25, -0.2) is 0 Å². The largest absolute Gasteiger partial charge is 0.486 e. The topological polar surface area (TPSA) is 77.8 Å². The lowest BCUT2D eigenvalue weighted by molar-refractivity contribution is -0.137. The minimum Gasteiger partial charge on any atom is -0.486 e.